The number of nitrogens with zero attached hydrogens (tertiary/aromatic N) is 8. The van der Waals surface area contributed by atoms with Crippen molar-refractivity contribution in [3.63, 3.8) is 0 Å². The smallest absolute Gasteiger partial charge is 0.279 e. The van der Waals surface area contributed by atoms with Crippen LogP contribution in [0.4, 0.5) is 11.4 Å². The summed E-state index contributed by atoms with van der Waals surface area (Å²) in [6.45, 7) is 13.8. The van der Waals surface area contributed by atoms with Crippen molar-refractivity contribution in [2.75, 3.05) is 70.8 Å². The molecule has 4 aromatic rings. The lowest BCUT2D eigenvalue weighted by Gasteiger charge is -2.54. The van der Waals surface area contributed by atoms with E-state index in [9.17, 15) is 24.0 Å². The SMILES string of the molecule is C=C1CCC(N(C)c2cccc(CCCN3CCC4(CC3)CN(C(=O)c3cnc(OC)c(-c5nc6c(n5C(C)C)C(c5ccc(Cl)cc5)N(/C(C=O)=C/C(C)=C\NC)C6=O)c3)C4)c2N(C)C=O)C(=O)N1. The number of aromatic nitrogens is 3. The van der Waals surface area contributed by atoms with Crippen molar-refractivity contribution in [3.8, 4) is 17.3 Å². The third-order valence-corrected chi connectivity index (χ3v) is 14.5. The fraction of sp³-hybridized carbons (Fsp3) is 0.415. The number of allylic oxidation sites excluding steroid dienone is 4. The second-order valence-corrected chi connectivity index (χ2v) is 19.7. The van der Waals surface area contributed by atoms with E-state index in [0.717, 1.165) is 85.5 Å². The molecule has 17 heteroatoms. The molecule has 1 spiro atoms. The first kappa shape index (κ1) is 49.6. The molecule has 4 aliphatic rings. The van der Waals surface area contributed by atoms with Gasteiger partial charge in [0.15, 0.2) is 12.0 Å². The van der Waals surface area contributed by atoms with Crippen molar-refractivity contribution >= 4 is 53.4 Å². The summed E-state index contributed by atoms with van der Waals surface area (Å²) in [4.78, 5) is 85.5. The Morgan fingerprint density at radius 1 is 1.10 bits per heavy atom. The van der Waals surface area contributed by atoms with Crippen LogP contribution in [0.15, 0.2) is 90.5 Å². The Bertz CT molecular complexity index is 2750. The van der Waals surface area contributed by atoms with Gasteiger partial charge in [-0.05, 0) is 132 Å². The molecule has 3 saturated heterocycles. The van der Waals surface area contributed by atoms with Gasteiger partial charge in [-0.25, -0.2) is 9.97 Å². The number of halogens is 1. The van der Waals surface area contributed by atoms with Crippen LogP contribution in [0.25, 0.3) is 11.4 Å². The number of imidazole rings is 1. The van der Waals surface area contributed by atoms with Crippen molar-refractivity contribution < 1.29 is 28.7 Å². The van der Waals surface area contributed by atoms with Crippen molar-refractivity contribution in [1.29, 1.82) is 0 Å². The highest BCUT2D eigenvalue weighted by Crippen LogP contribution is 2.46. The zero-order valence-corrected chi connectivity index (χ0v) is 41.9. The number of methoxy groups -OCH3 is 1. The minimum atomic E-state index is -0.720. The van der Waals surface area contributed by atoms with Crippen LogP contribution in [0, 0.1) is 5.41 Å². The number of aldehydes is 1. The number of amides is 4. The van der Waals surface area contributed by atoms with Crippen LogP contribution in [0.2, 0.25) is 5.02 Å². The molecule has 0 saturated carbocycles. The normalized spacial score (nSPS) is 19.2. The van der Waals surface area contributed by atoms with Gasteiger partial charge < -0.3 is 39.5 Å². The first-order chi connectivity index (χ1) is 33.6. The molecule has 4 aliphatic heterocycles. The minimum Gasteiger partial charge on any atom is -0.480 e. The molecule has 0 radical (unpaired) electrons. The van der Waals surface area contributed by atoms with Crippen molar-refractivity contribution in [2.24, 2.45) is 5.41 Å². The third-order valence-electron chi connectivity index (χ3n) is 14.2. The van der Waals surface area contributed by atoms with E-state index in [1.54, 1.807) is 49.5 Å². The van der Waals surface area contributed by atoms with Crippen LogP contribution in [0.1, 0.15) is 103 Å². The van der Waals surface area contributed by atoms with Gasteiger partial charge in [0.05, 0.1) is 41.0 Å². The molecule has 8 rings (SSSR count). The van der Waals surface area contributed by atoms with Crippen molar-refractivity contribution in [3.05, 3.63) is 124 Å². The molecular formula is C53H63ClN10O6. The number of piperidine rings is 2. The molecule has 0 bridgehead atoms. The van der Waals surface area contributed by atoms with Gasteiger partial charge in [0.25, 0.3) is 11.8 Å². The lowest BCUT2D eigenvalue weighted by atomic mass is 9.71. The maximum absolute atomic E-state index is 14.5. The summed E-state index contributed by atoms with van der Waals surface area (Å²) in [5.41, 5.74) is 6.80. The molecule has 368 valence electrons. The maximum Gasteiger partial charge on any atom is 0.279 e. The zero-order valence-electron chi connectivity index (χ0n) is 41.1. The number of carbonyl (C=O) groups excluding carboxylic acids is 5. The van der Waals surface area contributed by atoms with Crippen LogP contribution in [0.5, 0.6) is 5.88 Å². The lowest BCUT2D eigenvalue weighted by molar-refractivity contribution is -0.122. The second-order valence-electron chi connectivity index (χ2n) is 19.3. The van der Waals surface area contributed by atoms with E-state index in [0.29, 0.717) is 59.9 Å². The Morgan fingerprint density at radius 3 is 2.47 bits per heavy atom. The lowest BCUT2D eigenvalue weighted by Crippen LogP contribution is -2.61. The van der Waals surface area contributed by atoms with Gasteiger partial charge in [-0.2, -0.15) is 0 Å². The van der Waals surface area contributed by atoms with E-state index in [1.807, 2.05) is 66.5 Å². The molecule has 2 atom stereocenters. The number of nitrogens with one attached hydrogen (secondary N) is 2. The first-order valence-corrected chi connectivity index (χ1v) is 24.3. The van der Waals surface area contributed by atoms with Gasteiger partial charge in [0.1, 0.15) is 17.9 Å². The summed E-state index contributed by atoms with van der Waals surface area (Å²) in [6, 6.07) is 13.7. The Hall–Kier alpha value is -6.78. The number of aryl methyl sites for hydroxylation is 1. The van der Waals surface area contributed by atoms with E-state index in [2.05, 4.69) is 33.2 Å². The van der Waals surface area contributed by atoms with Crippen LogP contribution in [-0.4, -0.2) is 127 Å². The number of hydrogen-bond donors (Lipinski definition) is 2. The fourth-order valence-electron chi connectivity index (χ4n) is 10.7. The minimum absolute atomic E-state index is 0.0409. The maximum atomic E-state index is 14.5. The van der Waals surface area contributed by atoms with Gasteiger partial charge >= 0.3 is 0 Å². The predicted octanol–water partition coefficient (Wildman–Crippen LogP) is 6.93. The van der Waals surface area contributed by atoms with Gasteiger partial charge in [-0.15, -0.1) is 0 Å². The van der Waals surface area contributed by atoms with Crippen molar-refractivity contribution in [1.82, 2.24) is 39.9 Å². The average Bonchev–Trinajstić information content (AvgIpc) is 3.86. The van der Waals surface area contributed by atoms with Crippen LogP contribution in [0.3, 0.4) is 0 Å². The summed E-state index contributed by atoms with van der Waals surface area (Å²) in [7, 11) is 6.94. The predicted molar refractivity (Wildman–Crippen MR) is 271 cm³/mol. The molecule has 2 aromatic carbocycles. The average molecular weight is 972 g/mol. The van der Waals surface area contributed by atoms with Gasteiger partial charge in [0.2, 0.25) is 18.2 Å². The van der Waals surface area contributed by atoms with E-state index in [1.165, 1.54) is 18.2 Å². The topological polar surface area (TPSA) is 166 Å². The molecule has 3 fully saturated rings. The molecule has 0 aliphatic carbocycles. The zero-order chi connectivity index (χ0) is 50.0. The number of anilines is 2. The Kier molecular flexibility index (Phi) is 14.7. The van der Waals surface area contributed by atoms with Gasteiger partial charge in [-0.3, -0.25) is 28.9 Å². The highest BCUT2D eigenvalue weighted by atomic mass is 35.5. The van der Waals surface area contributed by atoms with Crippen LogP contribution in [-0.2, 0) is 20.8 Å². The molecular weight excluding hydrogens is 908 g/mol. The number of fused-ring (bicyclic) bond motifs is 1. The van der Waals surface area contributed by atoms with E-state index in [-0.39, 0.29) is 46.6 Å². The number of para-hydroxylation sites is 1. The first-order valence-electron chi connectivity index (χ1n) is 23.9. The number of likely N-dealkylation sites (N-methyl/N-ethyl adjacent to an activating group) is 1. The quantitative estimate of drug-likeness (QED) is 0.0641. The molecule has 2 N–H and O–H groups in total. The van der Waals surface area contributed by atoms with E-state index >= 15 is 0 Å². The number of benzene rings is 2. The van der Waals surface area contributed by atoms with E-state index in [4.69, 9.17) is 21.3 Å². The summed E-state index contributed by atoms with van der Waals surface area (Å²) in [6.07, 6.45) is 11.4. The largest absolute Gasteiger partial charge is 0.480 e. The molecule has 2 unspecified atom stereocenters. The van der Waals surface area contributed by atoms with Gasteiger partial charge in [-0.1, -0.05) is 42.4 Å². The molecule has 70 heavy (non-hydrogen) atoms. The molecule has 16 nitrogen and oxygen atoms in total. The third kappa shape index (κ3) is 9.58. The van der Waals surface area contributed by atoms with Crippen LogP contribution < -0.4 is 25.2 Å². The van der Waals surface area contributed by atoms with Crippen molar-refractivity contribution in [2.45, 2.75) is 77.4 Å². The van der Waals surface area contributed by atoms with Crippen LogP contribution >= 0.6 is 11.6 Å². The molecule has 2 aromatic heterocycles. The second kappa shape index (κ2) is 20.7. The van der Waals surface area contributed by atoms with E-state index < -0.39 is 11.9 Å². The number of pyridine rings is 1. The fourth-order valence-corrected chi connectivity index (χ4v) is 10.8. The Labute approximate surface area is 415 Å². The summed E-state index contributed by atoms with van der Waals surface area (Å²) in [5.74, 6) is 0.0273. The Balaban J connectivity index is 0.955. The standard InChI is InChI=1S/C53H63ClN10O6/c1-33(2)63-47-44(52(69)64(40(29-65)25-34(3)27-55-5)46(47)37-15-17-39(54)18-16-37)58-48(63)41-26-38(28-56-50(41)70-8)51(68)62-30-53(31-62)20-23-61(24-21-53)22-10-12-36-11-9-13-42(45(36)59(6)32-66)60(7)43-19-14-35(4)57-49(43)67/h9,11,13,15-18,25-29,32-33,43,46,55H,4,10,12,14,19-24,30-31H2,1-3,5-8H3,(H,57,67)/b34-27-,40-25+. The number of likely N-dealkylation sites (tertiary alicyclic amines) is 2. The number of hydrogen-bond acceptors (Lipinski definition) is 11. The molecule has 4 amide bonds. The highest BCUT2D eigenvalue weighted by molar-refractivity contribution is 6.30. The highest BCUT2D eigenvalue weighted by Gasteiger charge is 2.48. The van der Waals surface area contributed by atoms with Gasteiger partial charge in [0, 0.05) is 62.6 Å². The summed E-state index contributed by atoms with van der Waals surface area (Å²) >= 11 is 6.33. The number of ether oxygens (including phenoxy) is 1. The Morgan fingerprint density at radius 2 is 1.83 bits per heavy atom. The summed E-state index contributed by atoms with van der Waals surface area (Å²) < 4.78 is 7.75. The summed E-state index contributed by atoms with van der Waals surface area (Å²) in [5, 5.41) is 6.38. The molecule has 6 heterocycles. The number of rotatable bonds is 17. The number of carbonyl (C=O) groups is 5. The monoisotopic (exact) mass is 970 g/mol.